The second-order valence-corrected chi connectivity index (χ2v) is 7.96. The molecule has 140 valence electrons. The van der Waals surface area contributed by atoms with Crippen LogP contribution in [0.4, 0.5) is 5.69 Å². The molecule has 7 nitrogen and oxygen atoms in total. The number of ether oxygens (including phenoxy) is 1. The molecule has 0 saturated carbocycles. The lowest BCUT2D eigenvalue weighted by Gasteiger charge is -2.16. The summed E-state index contributed by atoms with van der Waals surface area (Å²) in [5.41, 5.74) is 0.767. The van der Waals surface area contributed by atoms with Crippen LogP contribution >= 0.6 is 0 Å². The molecule has 0 aliphatic heterocycles. The molecule has 3 aromatic rings. The van der Waals surface area contributed by atoms with E-state index in [-0.39, 0.29) is 12.4 Å². The fourth-order valence-electron chi connectivity index (χ4n) is 2.41. The molecule has 0 fully saturated rings. The Labute approximate surface area is 155 Å². The van der Waals surface area contributed by atoms with Gasteiger partial charge in [0.05, 0.1) is 11.9 Å². The molecule has 0 atom stereocenters. The van der Waals surface area contributed by atoms with E-state index in [1.807, 2.05) is 0 Å². The molecule has 0 amide bonds. The Morgan fingerprint density at radius 1 is 1.07 bits per heavy atom. The number of sulfonamides is 1. The van der Waals surface area contributed by atoms with Gasteiger partial charge in [-0.2, -0.15) is 0 Å². The number of Topliss-reactive ketones (excluding diaryl/α,β-unsaturated/α-hetero) is 1. The molecule has 0 bridgehead atoms. The van der Waals surface area contributed by atoms with Crippen molar-refractivity contribution in [2.45, 2.75) is 0 Å². The zero-order valence-corrected chi connectivity index (χ0v) is 15.5. The lowest BCUT2D eigenvalue weighted by atomic mass is 10.1. The highest BCUT2D eigenvalue weighted by Crippen LogP contribution is 2.20. The van der Waals surface area contributed by atoms with Gasteiger partial charge >= 0.3 is 5.63 Å². The first-order valence-electron chi connectivity index (χ1n) is 7.98. The third kappa shape index (κ3) is 4.35. The van der Waals surface area contributed by atoms with Gasteiger partial charge in [0.2, 0.25) is 10.0 Å². The van der Waals surface area contributed by atoms with Gasteiger partial charge in [0, 0.05) is 30.1 Å². The summed E-state index contributed by atoms with van der Waals surface area (Å²) < 4.78 is 34.8. The van der Waals surface area contributed by atoms with Crippen molar-refractivity contribution < 1.29 is 22.4 Å². The van der Waals surface area contributed by atoms with E-state index in [0.29, 0.717) is 22.6 Å². The first kappa shape index (κ1) is 18.7. The molecule has 0 aliphatic carbocycles. The smallest absolute Gasteiger partial charge is 0.336 e. The van der Waals surface area contributed by atoms with Crippen molar-refractivity contribution in [1.29, 1.82) is 0 Å². The molecule has 0 N–H and O–H groups in total. The summed E-state index contributed by atoms with van der Waals surface area (Å²) in [7, 11) is -1.93. The Morgan fingerprint density at radius 2 is 1.74 bits per heavy atom. The maximum Gasteiger partial charge on any atom is 0.336 e. The van der Waals surface area contributed by atoms with Crippen LogP contribution in [0.2, 0.25) is 0 Å². The molecule has 1 heterocycles. The second-order valence-electron chi connectivity index (χ2n) is 5.94. The minimum atomic E-state index is -3.36. The van der Waals surface area contributed by atoms with E-state index >= 15 is 0 Å². The summed E-state index contributed by atoms with van der Waals surface area (Å²) in [5, 5.41) is 0.749. The van der Waals surface area contributed by atoms with Crippen LogP contribution in [0, 0.1) is 0 Å². The lowest BCUT2D eigenvalue weighted by Crippen LogP contribution is -2.24. The zero-order chi connectivity index (χ0) is 19.6. The number of fused-ring (bicyclic) bond motifs is 1. The molecule has 0 saturated heterocycles. The van der Waals surface area contributed by atoms with Crippen molar-refractivity contribution in [2.24, 2.45) is 0 Å². The summed E-state index contributed by atoms with van der Waals surface area (Å²) in [6, 6.07) is 14.1. The largest absolute Gasteiger partial charge is 0.485 e. The van der Waals surface area contributed by atoms with Crippen molar-refractivity contribution in [3.63, 3.8) is 0 Å². The van der Waals surface area contributed by atoms with Crippen LogP contribution < -0.4 is 14.7 Å². The van der Waals surface area contributed by atoms with E-state index in [1.165, 1.54) is 13.1 Å². The SMILES string of the molecule is CN(c1ccc(C(=O)COc2ccc3ccc(=O)oc3c2)cc1)S(C)(=O)=O. The molecular formula is C19H17NO6S. The van der Waals surface area contributed by atoms with Crippen LogP contribution in [0.25, 0.3) is 11.0 Å². The minimum absolute atomic E-state index is 0.205. The number of hydrogen-bond donors (Lipinski definition) is 0. The van der Waals surface area contributed by atoms with Gasteiger partial charge in [-0.05, 0) is 42.5 Å². The first-order valence-corrected chi connectivity index (χ1v) is 9.83. The molecule has 27 heavy (non-hydrogen) atoms. The molecule has 0 spiro atoms. The van der Waals surface area contributed by atoms with Gasteiger partial charge < -0.3 is 9.15 Å². The van der Waals surface area contributed by atoms with Crippen LogP contribution in [-0.4, -0.2) is 34.1 Å². The fourth-order valence-corrected chi connectivity index (χ4v) is 2.92. The molecule has 1 aromatic heterocycles. The molecular weight excluding hydrogens is 370 g/mol. The van der Waals surface area contributed by atoms with Crippen LogP contribution in [0.5, 0.6) is 5.75 Å². The van der Waals surface area contributed by atoms with E-state index in [2.05, 4.69) is 0 Å². The van der Waals surface area contributed by atoms with E-state index in [0.717, 1.165) is 15.9 Å². The Hall–Kier alpha value is -3.13. The molecule has 2 aromatic carbocycles. The van der Waals surface area contributed by atoms with Crippen molar-refractivity contribution >= 4 is 32.5 Å². The molecule has 8 heteroatoms. The van der Waals surface area contributed by atoms with Crippen molar-refractivity contribution in [3.8, 4) is 5.75 Å². The quantitative estimate of drug-likeness (QED) is 0.476. The average molecular weight is 387 g/mol. The van der Waals surface area contributed by atoms with Crippen LogP contribution in [-0.2, 0) is 10.0 Å². The van der Waals surface area contributed by atoms with Gasteiger partial charge in [-0.25, -0.2) is 13.2 Å². The van der Waals surface area contributed by atoms with E-state index in [4.69, 9.17) is 9.15 Å². The van der Waals surface area contributed by atoms with E-state index in [1.54, 1.807) is 48.5 Å². The highest BCUT2D eigenvalue weighted by molar-refractivity contribution is 7.92. The number of hydrogen-bond acceptors (Lipinski definition) is 6. The number of carbonyl (C=O) groups excluding carboxylic acids is 1. The van der Waals surface area contributed by atoms with Crippen LogP contribution in [0.1, 0.15) is 10.4 Å². The molecule has 0 radical (unpaired) electrons. The van der Waals surface area contributed by atoms with Gasteiger partial charge in [0.1, 0.15) is 11.3 Å². The third-order valence-electron chi connectivity index (χ3n) is 4.01. The standard InChI is InChI=1S/C19H17NO6S/c1-20(27(2,23)24)15-7-3-13(4-8-15)17(21)12-25-16-9-5-14-6-10-19(22)26-18(14)11-16/h3-11H,12H2,1-2H3. The summed E-state index contributed by atoms with van der Waals surface area (Å²) in [5.74, 6) is 0.136. The molecule has 0 unspecified atom stereocenters. The summed E-state index contributed by atoms with van der Waals surface area (Å²) in [6.45, 7) is -0.205. The predicted molar refractivity (Wildman–Crippen MR) is 102 cm³/mol. The van der Waals surface area contributed by atoms with Gasteiger partial charge in [-0.3, -0.25) is 9.10 Å². The fraction of sp³-hybridized carbons (Fsp3) is 0.158. The summed E-state index contributed by atoms with van der Waals surface area (Å²) in [4.78, 5) is 23.6. The van der Waals surface area contributed by atoms with Crippen molar-refractivity contribution in [3.05, 3.63) is 70.6 Å². The topological polar surface area (TPSA) is 93.9 Å². The van der Waals surface area contributed by atoms with Crippen molar-refractivity contribution in [2.75, 3.05) is 24.2 Å². The Morgan fingerprint density at radius 3 is 2.41 bits per heavy atom. The van der Waals surface area contributed by atoms with Crippen LogP contribution in [0.3, 0.4) is 0 Å². The number of carbonyl (C=O) groups is 1. The zero-order valence-electron chi connectivity index (χ0n) is 14.7. The maximum absolute atomic E-state index is 12.3. The number of rotatable bonds is 6. The van der Waals surface area contributed by atoms with E-state index < -0.39 is 15.6 Å². The Kier molecular flexibility index (Phi) is 5.00. The van der Waals surface area contributed by atoms with Crippen LogP contribution in [0.15, 0.2) is 63.8 Å². The summed E-state index contributed by atoms with van der Waals surface area (Å²) >= 11 is 0. The Balaban J connectivity index is 1.69. The normalized spacial score (nSPS) is 11.3. The van der Waals surface area contributed by atoms with E-state index in [9.17, 15) is 18.0 Å². The monoisotopic (exact) mass is 387 g/mol. The van der Waals surface area contributed by atoms with Gasteiger partial charge in [0.25, 0.3) is 0 Å². The number of ketones is 1. The highest BCUT2D eigenvalue weighted by atomic mass is 32.2. The number of anilines is 1. The maximum atomic E-state index is 12.3. The minimum Gasteiger partial charge on any atom is -0.485 e. The first-order chi connectivity index (χ1) is 12.7. The third-order valence-corrected chi connectivity index (χ3v) is 5.22. The molecule has 0 aliphatic rings. The Bertz CT molecular complexity index is 1150. The van der Waals surface area contributed by atoms with Gasteiger partial charge in [-0.15, -0.1) is 0 Å². The number of nitrogens with zero attached hydrogens (tertiary/aromatic N) is 1. The lowest BCUT2D eigenvalue weighted by molar-refractivity contribution is 0.0921. The number of benzene rings is 2. The molecule has 3 rings (SSSR count). The summed E-state index contributed by atoms with van der Waals surface area (Å²) in [6.07, 6.45) is 1.10. The van der Waals surface area contributed by atoms with Gasteiger partial charge in [-0.1, -0.05) is 0 Å². The highest BCUT2D eigenvalue weighted by Gasteiger charge is 2.13. The predicted octanol–water partition coefficient (Wildman–Crippen LogP) is 2.45. The van der Waals surface area contributed by atoms with Crippen molar-refractivity contribution in [1.82, 2.24) is 0 Å². The van der Waals surface area contributed by atoms with Gasteiger partial charge in [0.15, 0.2) is 12.4 Å². The second kappa shape index (κ2) is 7.24. The average Bonchev–Trinajstić information content (AvgIpc) is 2.64.